The molecule has 2 saturated heterocycles. The minimum atomic E-state index is 0. The molecule has 0 aromatic heterocycles. The van der Waals surface area contributed by atoms with Crippen molar-refractivity contribution >= 4 is 18.3 Å². The Balaban J connectivity index is 0.00000242. The molecule has 2 fully saturated rings. The number of nitrogens with zero attached hydrogens (tertiary/aromatic N) is 2. The van der Waals surface area contributed by atoms with E-state index in [1.807, 2.05) is 4.90 Å². The Morgan fingerprint density at radius 1 is 1.09 bits per heavy atom. The lowest BCUT2D eigenvalue weighted by atomic mass is 9.77. The molecule has 1 unspecified atom stereocenters. The number of carbonyl (C=O) groups is 1. The van der Waals surface area contributed by atoms with E-state index in [2.05, 4.69) is 31.0 Å². The van der Waals surface area contributed by atoms with Gasteiger partial charge in [0.2, 0.25) is 5.91 Å². The lowest BCUT2D eigenvalue weighted by Crippen LogP contribution is -2.47. The molecule has 130 valence electrons. The van der Waals surface area contributed by atoms with Crippen LogP contribution in [0.3, 0.4) is 0 Å². The standard InChI is InChI=1S/C17H33N3O.ClH/c1-17(2,3)15-5-4-10-19(11-6-15)12-7-16(21)20-13-8-18-9-14-20;/h15,18H,4-14H2,1-3H3;1H. The molecule has 1 amide bonds. The van der Waals surface area contributed by atoms with Crippen LogP contribution in [-0.2, 0) is 4.79 Å². The van der Waals surface area contributed by atoms with Crippen LogP contribution in [0.15, 0.2) is 0 Å². The van der Waals surface area contributed by atoms with Gasteiger partial charge in [-0.1, -0.05) is 20.8 Å². The predicted octanol–water partition coefficient (Wildman–Crippen LogP) is 2.38. The van der Waals surface area contributed by atoms with Crippen molar-refractivity contribution in [3.63, 3.8) is 0 Å². The van der Waals surface area contributed by atoms with Crippen LogP contribution < -0.4 is 5.32 Å². The van der Waals surface area contributed by atoms with E-state index in [0.29, 0.717) is 17.7 Å². The van der Waals surface area contributed by atoms with Gasteiger partial charge < -0.3 is 15.1 Å². The highest BCUT2D eigenvalue weighted by atomic mass is 35.5. The van der Waals surface area contributed by atoms with E-state index >= 15 is 0 Å². The van der Waals surface area contributed by atoms with Gasteiger partial charge in [-0.25, -0.2) is 0 Å². The maximum atomic E-state index is 12.2. The smallest absolute Gasteiger partial charge is 0.223 e. The van der Waals surface area contributed by atoms with Crippen LogP contribution in [0.4, 0.5) is 0 Å². The number of rotatable bonds is 3. The van der Waals surface area contributed by atoms with Crippen molar-refractivity contribution in [3.05, 3.63) is 0 Å². The molecule has 2 aliphatic rings. The first-order chi connectivity index (χ1) is 9.97. The summed E-state index contributed by atoms with van der Waals surface area (Å²) in [5.74, 6) is 1.17. The van der Waals surface area contributed by atoms with E-state index in [-0.39, 0.29) is 12.4 Å². The zero-order valence-corrected chi connectivity index (χ0v) is 15.4. The minimum Gasteiger partial charge on any atom is -0.340 e. The van der Waals surface area contributed by atoms with Crippen molar-refractivity contribution in [3.8, 4) is 0 Å². The molecule has 0 bridgehead atoms. The van der Waals surface area contributed by atoms with Gasteiger partial charge in [-0.2, -0.15) is 0 Å². The highest BCUT2D eigenvalue weighted by Crippen LogP contribution is 2.34. The van der Waals surface area contributed by atoms with Crippen LogP contribution in [0.1, 0.15) is 46.5 Å². The average molecular weight is 332 g/mol. The van der Waals surface area contributed by atoms with Crippen molar-refractivity contribution in [1.29, 1.82) is 0 Å². The molecule has 0 saturated carbocycles. The monoisotopic (exact) mass is 331 g/mol. The second kappa shape index (κ2) is 9.09. The Morgan fingerprint density at radius 2 is 1.77 bits per heavy atom. The molecule has 2 aliphatic heterocycles. The van der Waals surface area contributed by atoms with Crippen LogP contribution in [0.25, 0.3) is 0 Å². The van der Waals surface area contributed by atoms with E-state index in [9.17, 15) is 4.79 Å². The molecule has 0 spiro atoms. The fourth-order valence-corrected chi connectivity index (χ4v) is 3.57. The molecule has 22 heavy (non-hydrogen) atoms. The fraction of sp³-hybridized carbons (Fsp3) is 0.941. The summed E-state index contributed by atoms with van der Waals surface area (Å²) in [6, 6.07) is 0. The lowest BCUT2D eigenvalue weighted by Gasteiger charge is -2.30. The third-order valence-corrected chi connectivity index (χ3v) is 5.16. The SMILES string of the molecule is CC(C)(C)C1CCCN(CCC(=O)N2CCNCC2)CC1.Cl. The zero-order chi connectivity index (χ0) is 15.3. The number of hydrogen-bond donors (Lipinski definition) is 1. The molecular weight excluding hydrogens is 298 g/mol. The van der Waals surface area contributed by atoms with Gasteiger partial charge in [-0.3, -0.25) is 4.79 Å². The van der Waals surface area contributed by atoms with E-state index in [4.69, 9.17) is 0 Å². The van der Waals surface area contributed by atoms with E-state index in [1.165, 1.54) is 25.8 Å². The van der Waals surface area contributed by atoms with Gasteiger partial charge in [0.15, 0.2) is 0 Å². The molecule has 2 rings (SSSR count). The highest BCUT2D eigenvalue weighted by molar-refractivity contribution is 5.85. The quantitative estimate of drug-likeness (QED) is 0.862. The van der Waals surface area contributed by atoms with Gasteiger partial charge >= 0.3 is 0 Å². The molecule has 4 nitrogen and oxygen atoms in total. The van der Waals surface area contributed by atoms with Gasteiger partial charge in [-0.15, -0.1) is 12.4 Å². The molecule has 2 heterocycles. The molecule has 0 aliphatic carbocycles. The maximum Gasteiger partial charge on any atom is 0.223 e. The average Bonchev–Trinajstić information content (AvgIpc) is 2.71. The number of nitrogens with one attached hydrogen (secondary N) is 1. The van der Waals surface area contributed by atoms with Gasteiger partial charge in [0.05, 0.1) is 0 Å². The third-order valence-electron chi connectivity index (χ3n) is 5.16. The number of likely N-dealkylation sites (tertiary alicyclic amines) is 1. The molecule has 0 aromatic carbocycles. The summed E-state index contributed by atoms with van der Waals surface area (Å²) in [7, 11) is 0. The molecule has 0 radical (unpaired) electrons. The zero-order valence-electron chi connectivity index (χ0n) is 14.6. The summed E-state index contributed by atoms with van der Waals surface area (Å²) in [5.41, 5.74) is 0.423. The Kier molecular flexibility index (Phi) is 8.15. The van der Waals surface area contributed by atoms with Crippen molar-refractivity contribution in [1.82, 2.24) is 15.1 Å². The largest absolute Gasteiger partial charge is 0.340 e. The normalized spacial score (nSPS) is 24.5. The van der Waals surface area contributed by atoms with Crippen molar-refractivity contribution in [2.45, 2.75) is 46.5 Å². The van der Waals surface area contributed by atoms with Crippen molar-refractivity contribution in [2.24, 2.45) is 11.3 Å². The molecular formula is C17H34ClN3O. The minimum absolute atomic E-state index is 0. The number of halogens is 1. The van der Waals surface area contributed by atoms with Gasteiger partial charge in [-0.05, 0) is 43.7 Å². The van der Waals surface area contributed by atoms with Crippen molar-refractivity contribution in [2.75, 3.05) is 45.8 Å². The van der Waals surface area contributed by atoms with E-state index in [1.54, 1.807) is 0 Å². The highest BCUT2D eigenvalue weighted by Gasteiger charge is 2.27. The number of carbonyl (C=O) groups excluding carboxylic acids is 1. The lowest BCUT2D eigenvalue weighted by molar-refractivity contribution is -0.132. The fourth-order valence-electron chi connectivity index (χ4n) is 3.57. The third kappa shape index (κ3) is 6.05. The first-order valence-electron chi connectivity index (χ1n) is 8.67. The first-order valence-corrected chi connectivity index (χ1v) is 8.67. The van der Waals surface area contributed by atoms with Gasteiger partial charge in [0, 0.05) is 39.1 Å². The predicted molar refractivity (Wildman–Crippen MR) is 94.6 cm³/mol. The van der Waals surface area contributed by atoms with Crippen LogP contribution in [0, 0.1) is 11.3 Å². The number of amides is 1. The van der Waals surface area contributed by atoms with Crippen LogP contribution in [0.2, 0.25) is 0 Å². The van der Waals surface area contributed by atoms with Crippen LogP contribution >= 0.6 is 12.4 Å². The Bertz CT molecular complexity index is 337. The first kappa shape index (κ1) is 19.7. The summed E-state index contributed by atoms with van der Waals surface area (Å²) < 4.78 is 0. The summed E-state index contributed by atoms with van der Waals surface area (Å²) in [6.07, 6.45) is 4.60. The summed E-state index contributed by atoms with van der Waals surface area (Å²) in [4.78, 5) is 16.7. The van der Waals surface area contributed by atoms with Gasteiger partial charge in [0.25, 0.3) is 0 Å². The summed E-state index contributed by atoms with van der Waals surface area (Å²) in [5, 5.41) is 3.30. The number of hydrogen-bond acceptors (Lipinski definition) is 3. The summed E-state index contributed by atoms with van der Waals surface area (Å²) in [6.45, 7) is 14.0. The molecule has 1 N–H and O–H groups in total. The maximum absolute atomic E-state index is 12.2. The van der Waals surface area contributed by atoms with Crippen LogP contribution in [0.5, 0.6) is 0 Å². The number of piperazine rings is 1. The molecule has 1 atom stereocenters. The Hall–Kier alpha value is -0.320. The molecule has 0 aromatic rings. The topological polar surface area (TPSA) is 35.6 Å². The Morgan fingerprint density at radius 3 is 2.41 bits per heavy atom. The van der Waals surface area contributed by atoms with Crippen molar-refractivity contribution < 1.29 is 4.79 Å². The van der Waals surface area contributed by atoms with Crippen LogP contribution in [-0.4, -0.2) is 61.5 Å². The van der Waals surface area contributed by atoms with Gasteiger partial charge in [0.1, 0.15) is 0 Å². The summed E-state index contributed by atoms with van der Waals surface area (Å²) >= 11 is 0. The molecule has 5 heteroatoms. The second-order valence-corrected chi connectivity index (χ2v) is 7.72. The van der Waals surface area contributed by atoms with E-state index in [0.717, 1.165) is 45.2 Å². The Labute approximate surface area is 142 Å². The van der Waals surface area contributed by atoms with E-state index < -0.39 is 0 Å². The second-order valence-electron chi connectivity index (χ2n) is 7.72.